The Hall–Kier alpha value is -1.29. The van der Waals surface area contributed by atoms with Crippen LogP contribution in [0.4, 0.5) is 0 Å². The molecule has 0 spiro atoms. The third kappa shape index (κ3) is 1.10. The number of carbonyl (C=O) groups excluding carboxylic acids is 1. The number of pyridine rings is 1. The summed E-state index contributed by atoms with van der Waals surface area (Å²) in [5.74, 6) is 0.0104. The molecule has 0 aliphatic carbocycles. The maximum absolute atomic E-state index is 10.9. The van der Waals surface area contributed by atoms with Gasteiger partial charge >= 0.3 is 0 Å². The quantitative estimate of drug-likeness (QED) is 0.626. The van der Waals surface area contributed by atoms with Crippen molar-refractivity contribution in [1.29, 1.82) is 0 Å². The largest absolute Gasteiger partial charge is 0.292 e. The van der Waals surface area contributed by atoms with Crippen molar-refractivity contribution in [3.05, 3.63) is 23.5 Å². The average molecular weight is 178 g/mol. The fraction of sp³-hybridized carbons (Fsp3) is 0.125. The Bertz CT molecular complexity index is 402. The van der Waals surface area contributed by atoms with Crippen molar-refractivity contribution >= 4 is 27.3 Å². The zero-order chi connectivity index (χ0) is 8.55. The van der Waals surface area contributed by atoms with Gasteiger partial charge in [-0.1, -0.05) is 0 Å². The van der Waals surface area contributed by atoms with E-state index in [4.69, 9.17) is 0 Å². The van der Waals surface area contributed by atoms with Crippen LogP contribution in [-0.2, 0) is 0 Å². The van der Waals surface area contributed by atoms with Crippen LogP contribution in [0.3, 0.4) is 0 Å². The lowest BCUT2D eigenvalue weighted by Gasteiger charge is -1.80. The molecule has 4 heteroatoms. The van der Waals surface area contributed by atoms with Crippen LogP contribution in [0.2, 0.25) is 0 Å². The van der Waals surface area contributed by atoms with Gasteiger partial charge in [0.05, 0.1) is 10.9 Å². The molecule has 0 bridgehead atoms. The van der Waals surface area contributed by atoms with Gasteiger partial charge < -0.3 is 0 Å². The monoisotopic (exact) mass is 178 g/mol. The molecule has 12 heavy (non-hydrogen) atoms. The molecule has 60 valence electrons. The van der Waals surface area contributed by atoms with E-state index < -0.39 is 0 Å². The van der Waals surface area contributed by atoms with Gasteiger partial charge in [0, 0.05) is 13.1 Å². The molecular formula is C8H6N2OS. The first-order valence-electron chi connectivity index (χ1n) is 3.49. The van der Waals surface area contributed by atoms with Crippen molar-refractivity contribution in [3.8, 4) is 0 Å². The molecule has 0 fully saturated rings. The number of carbonyl (C=O) groups is 1. The Morgan fingerprint density at radius 3 is 3.08 bits per heavy atom. The zero-order valence-corrected chi connectivity index (χ0v) is 7.26. The molecule has 0 N–H and O–H groups in total. The molecule has 0 aromatic carbocycles. The maximum Gasteiger partial charge on any atom is 0.188 e. The molecule has 0 saturated heterocycles. The SMILES string of the molecule is CC(=O)c1nc2cnccc2s1. The van der Waals surface area contributed by atoms with Crippen molar-refractivity contribution in [2.75, 3.05) is 0 Å². The van der Waals surface area contributed by atoms with E-state index in [2.05, 4.69) is 9.97 Å². The topological polar surface area (TPSA) is 42.9 Å². The lowest BCUT2D eigenvalue weighted by atomic mass is 10.4. The first-order valence-corrected chi connectivity index (χ1v) is 4.30. The molecule has 0 aliphatic rings. The first kappa shape index (κ1) is 7.36. The lowest BCUT2D eigenvalue weighted by molar-refractivity contribution is 0.101. The minimum atomic E-state index is 0.0104. The smallest absolute Gasteiger partial charge is 0.188 e. The van der Waals surface area contributed by atoms with Gasteiger partial charge in [0.15, 0.2) is 10.8 Å². The van der Waals surface area contributed by atoms with E-state index in [-0.39, 0.29) is 5.78 Å². The van der Waals surface area contributed by atoms with Crippen molar-refractivity contribution in [2.24, 2.45) is 0 Å². The fourth-order valence-electron chi connectivity index (χ4n) is 0.931. The predicted molar refractivity (Wildman–Crippen MR) is 47.4 cm³/mol. The van der Waals surface area contributed by atoms with Gasteiger partial charge in [-0.05, 0) is 6.07 Å². The second-order valence-corrected chi connectivity index (χ2v) is 3.45. The number of ketones is 1. The number of fused-ring (bicyclic) bond motifs is 1. The van der Waals surface area contributed by atoms with Gasteiger partial charge in [-0.15, -0.1) is 11.3 Å². The Morgan fingerprint density at radius 2 is 2.42 bits per heavy atom. The normalized spacial score (nSPS) is 10.4. The summed E-state index contributed by atoms with van der Waals surface area (Å²) in [5.41, 5.74) is 0.799. The van der Waals surface area contributed by atoms with Crippen LogP contribution in [0.5, 0.6) is 0 Å². The minimum Gasteiger partial charge on any atom is -0.292 e. The lowest BCUT2D eigenvalue weighted by Crippen LogP contribution is -1.88. The van der Waals surface area contributed by atoms with E-state index in [0.717, 1.165) is 10.2 Å². The highest BCUT2D eigenvalue weighted by Gasteiger charge is 2.06. The van der Waals surface area contributed by atoms with E-state index in [9.17, 15) is 4.79 Å². The predicted octanol–water partition coefficient (Wildman–Crippen LogP) is 1.89. The third-order valence-corrected chi connectivity index (χ3v) is 2.63. The summed E-state index contributed by atoms with van der Waals surface area (Å²) in [5, 5.41) is 0.554. The van der Waals surface area contributed by atoms with E-state index in [0.29, 0.717) is 5.01 Å². The summed E-state index contributed by atoms with van der Waals surface area (Å²) in [4.78, 5) is 19.0. The Labute approximate surface area is 73.1 Å². The summed E-state index contributed by atoms with van der Waals surface area (Å²) < 4.78 is 1.01. The molecule has 2 aromatic heterocycles. The number of rotatable bonds is 1. The third-order valence-electron chi connectivity index (χ3n) is 1.49. The molecule has 3 nitrogen and oxygen atoms in total. The number of nitrogens with zero attached hydrogens (tertiary/aromatic N) is 2. The van der Waals surface area contributed by atoms with Crippen molar-refractivity contribution in [3.63, 3.8) is 0 Å². The van der Waals surface area contributed by atoms with Crippen LogP contribution in [0.15, 0.2) is 18.5 Å². The number of hydrogen-bond donors (Lipinski definition) is 0. The molecule has 0 amide bonds. The first-order chi connectivity index (χ1) is 5.77. The van der Waals surface area contributed by atoms with Crippen LogP contribution in [0.25, 0.3) is 10.2 Å². The van der Waals surface area contributed by atoms with Crippen LogP contribution in [0, 0.1) is 0 Å². The Morgan fingerprint density at radius 1 is 1.58 bits per heavy atom. The van der Waals surface area contributed by atoms with Crippen molar-refractivity contribution in [2.45, 2.75) is 6.92 Å². The number of Topliss-reactive ketones (excluding diaryl/α,β-unsaturated/α-hetero) is 1. The second-order valence-electron chi connectivity index (χ2n) is 2.42. The molecule has 2 aromatic rings. The molecular weight excluding hydrogens is 172 g/mol. The highest BCUT2D eigenvalue weighted by molar-refractivity contribution is 7.20. The maximum atomic E-state index is 10.9. The van der Waals surface area contributed by atoms with E-state index in [1.807, 2.05) is 6.07 Å². The van der Waals surface area contributed by atoms with E-state index in [1.165, 1.54) is 18.3 Å². The number of thiazole rings is 1. The summed E-state index contributed by atoms with van der Waals surface area (Å²) in [6.07, 6.45) is 3.36. The van der Waals surface area contributed by atoms with Crippen LogP contribution in [-0.4, -0.2) is 15.8 Å². The second kappa shape index (κ2) is 2.64. The van der Waals surface area contributed by atoms with E-state index in [1.54, 1.807) is 12.4 Å². The van der Waals surface area contributed by atoms with Crippen LogP contribution < -0.4 is 0 Å². The fourth-order valence-corrected chi connectivity index (χ4v) is 1.76. The zero-order valence-electron chi connectivity index (χ0n) is 6.44. The highest BCUT2D eigenvalue weighted by atomic mass is 32.1. The number of hydrogen-bond acceptors (Lipinski definition) is 4. The molecule has 0 unspecified atom stereocenters. The highest BCUT2D eigenvalue weighted by Crippen LogP contribution is 2.20. The molecule has 0 aliphatic heterocycles. The summed E-state index contributed by atoms with van der Waals surface area (Å²) >= 11 is 1.40. The molecule has 2 heterocycles. The Balaban J connectivity index is 2.70. The van der Waals surface area contributed by atoms with Gasteiger partial charge in [0.2, 0.25) is 0 Å². The van der Waals surface area contributed by atoms with Crippen molar-refractivity contribution in [1.82, 2.24) is 9.97 Å². The average Bonchev–Trinajstić information content (AvgIpc) is 2.46. The van der Waals surface area contributed by atoms with Gasteiger partial charge in [0.25, 0.3) is 0 Å². The molecule has 0 saturated carbocycles. The van der Waals surface area contributed by atoms with Gasteiger partial charge in [0.1, 0.15) is 5.52 Å². The molecule has 0 atom stereocenters. The van der Waals surface area contributed by atoms with E-state index >= 15 is 0 Å². The minimum absolute atomic E-state index is 0.0104. The van der Waals surface area contributed by atoms with Crippen LogP contribution in [0.1, 0.15) is 16.7 Å². The van der Waals surface area contributed by atoms with Gasteiger partial charge in [-0.25, -0.2) is 4.98 Å². The summed E-state index contributed by atoms with van der Waals surface area (Å²) in [6.45, 7) is 1.52. The molecule has 0 radical (unpaired) electrons. The van der Waals surface area contributed by atoms with Gasteiger partial charge in [-0.3, -0.25) is 9.78 Å². The van der Waals surface area contributed by atoms with Crippen molar-refractivity contribution < 1.29 is 4.79 Å². The summed E-state index contributed by atoms with van der Waals surface area (Å²) in [6, 6.07) is 1.86. The summed E-state index contributed by atoms with van der Waals surface area (Å²) in [7, 11) is 0. The standard InChI is InChI=1S/C8H6N2OS/c1-5(11)8-10-6-4-9-3-2-7(6)12-8/h2-4H,1H3. The molecule has 2 rings (SSSR count). The number of aromatic nitrogens is 2. The van der Waals surface area contributed by atoms with Crippen LogP contribution >= 0.6 is 11.3 Å². The van der Waals surface area contributed by atoms with Gasteiger partial charge in [-0.2, -0.15) is 0 Å². The Kier molecular flexibility index (Phi) is 1.62.